The Bertz CT molecular complexity index is 1470. The van der Waals surface area contributed by atoms with E-state index in [1.807, 2.05) is 50.2 Å². The lowest BCUT2D eigenvalue weighted by Gasteiger charge is -2.22. The minimum Gasteiger partial charge on any atom is -0.507 e. The standard InChI is InChI=1S/C29H24F2O/c1-15-16(2)18(4)28(17(15)3)23-13-25(30)26(31)14-24(23)29-22-12-20-8-6-5-7-19(20)11-21(22)9-10-27(29)32/h5-14,28,32H,1-4H3. The minimum absolute atomic E-state index is 0.0507. The molecule has 3 heteroatoms. The molecule has 0 fully saturated rings. The molecule has 0 atom stereocenters. The van der Waals surface area contributed by atoms with Crippen molar-refractivity contribution in [1.29, 1.82) is 0 Å². The smallest absolute Gasteiger partial charge is 0.159 e. The van der Waals surface area contributed by atoms with Gasteiger partial charge in [-0.2, -0.15) is 0 Å². The van der Waals surface area contributed by atoms with Crippen molar-refractivity contribution < 1.29 is 13.9 Å². The van der Waals surface area contributed by atoms with Crippen LogP contribution in [0.2, 0.25) is 0 Å². The van der Waals surface area contributed by atoms with E-state index in [1.165, 1.54) is 23.3 Å². The number of benzene rings is 4. The van der Waals surface area contributed by atoms with Crippen molar-refractivity contribution in [2.24, 2.45) is 0 Å². The molecule has 0 spiro atoms. The maximum absolute atomic E-state index is 14.6. The second kappa shape index (κ2) is 7.30. The highest BCUT2D eigenvalue weighted by atomic mass is 19.2. The fraction of sp³-hybridized carbons (Fsp3) is 0.172. The Morgan fingerprint density at radius 1 is 0.688 bits per heavy atom. The zero-order valence-electron chi connectivity index (χ0n) is 18.6. The number of phenolic OH excluding ortho intramolecular Hbond substituents is 1. The van der Waals surface area contributed by atoms with Crippen LogP contribution in [0.1, 0.15) is 39.2 Å². The normalized spacial score (nSPS) is 14.9. The number of aromatic hydroxyl groups is 1. The van der Waals surface area contributed by atoms with Gasteiger partial charge in [-0.05, 0) is 102 Å². The third kappa shape index (κ3) is 2.96. The second-order valence-electron chi connectivity index (χ2n) is 8.78. The van der Waals surface area contributed by atoms with Crippen LogP contribution in [0.4, 0.5) is 8.78 Å². The molecule has 0 radical (unpaired) electrons. The molecule has 0 aliphatic heterocycles. The van der Waals surface area contributed by atoms with Crippen LogP contribution in [0.3, 0.4) is 0 Å². The Labute approximate surface area is 186 Å². The predicted octanol–water partition coefficient (Wildman–Crippen LogP) is 8.41. The van der Waals surface area contributed by atoms with E-state index in [1.54, 1.807) is 6.07 Å². The summed E-state index contributed by atoms with van der Waals surface area (Å²) >= 11 is 0. The summed E-state index contributed by atoms with van der Waals surface area (Å²) in [6.07, 6.45) is 0. The maximum Gasteiger partial charge on any atom is 0.159 e. The molecule has 1 aliphatic rings. The minimum atomic E-state index is -0.921. The highest BCUT2D eigenvalue weighted by molar-refractivity contribution is 6.07. The van der Waals surface area contributed by atoms with E-state index in [4.69, 9.17) is 0 Å². The molecule has 32 heavy (non-hydrogen) atoms. The van der Waals surface area contributed by atoms with Gasteiger partial charge in [0.15, 0.2) is 11.6 Å². The van der Waals surface area contributed by atoms with Gasteiger partial charge in [-0.3, -0.25) is 0 Å². The van der Waals surface area contributed by atoms with Gasteiger partial charge in [-0.25, -0.2) is 8.78 Å². The molecule has 5 rings (SSSR count). The average molecular weight is 427 g/mol. The van der Waals surface area contributed by atoms with Gasteiger partial charge < -0.3 is 5.11 Å². The van der Waals surface area contributed by atoms with E-state index in [2.05, 4.69) is 19.9 Å². The Hall–Kier alpha value is -3.46. The highest BCUT2D eigenvalue weighted by Crippen LogP contribution is 2.49. The molecule has 0 unspecified atom stereocenters. The maximum atomic E-state index is 14.6. The van der Waals surface area contributed by atoms with Crippen molar-refractivity contribution >= 4 is 21.5 Å². The van der Waals surface area contributed by atoms with Crippen LogP contribution in [-0.4, -0.2) is 5.11 Å². The number of hydrogen-bond acceptors (Lipinski definition) is 1. The first-order chi connectivity index (χ1) is 15.3. The number of hydrogen-bond donors (Lipinski definition) is 1. The van der Waals surface area contributed by atoms with Crippen LogP contribution in [0.15, 0.2) is 83.0 Å². The van der Waals surface area contributed by atoms with Gasteiger partial charge in [0.05, 0.1) is 0 Å². The quantitative estimate of drug-likeness (QED) is 0.319. The number of fused-ring (bicyclic) bond motifs is 2. The summed E-state index contributed by atoms with van der Waals surface area (Å²) in [7, 11) is 0. The summed E-state index contributed by atoms with van der Waals surface area (Å²) < 4.78 is 29.1. The molecule has 0 saturated heterocycles. The van der Waals surface area contributed by atoms with Gasteiger partial charge in [-0.1, -0.05) is 41.5 Å². The Morgan fingerprint density at radius 3 is 1.94 bits per heavy atom. The van der Waals surface area contributed by atoms with Gasteiger partial charge in [-0.15, -0.1) is 0 Å². The zero-order chi connectivity index (χ0) is 22.7. The summed E-state index contributed by atoms with van der Waals surface area (Å²) in [4.78, 5) is 0. The lowest BCUT2D eigenvalue weighted by molar-refractivity contribution is 0.477. The molecule has 0 bridgehead atoms. The average Bonchev–Trinajstić information content (AvgIpc) is 2.97. The fourth-order valence-corrected chi connectivity index (χ4v) is 5.12. The van der Waals surface area contributed by atoms with Gasteiger partial charge in [0.2, 0.25) is 0 Å². The molecule has 1 N–H and O–H groups in total. The molecule has 0 heterocycles. The van der Waals surface area contributed by atoms with Crippen LogP contribution in [-0.2, 0) is 0 Å². The number of rotatable bonds is 2. The predicted molar refractivity (Wildman–Crippen MR) is 128 cm³/mol. The largest absolute Gasteiger partial charge is 0.507 e. The number of halogens is 2. The fourth-order valence-electron chi connectivity index (χ4n) is 5.12. The summed E-state index contributed by atoms with van der Waals surface area (Å²) in [6.45, 7) is 8.22. The van der Waals surface area contributed by atoms with Crippen LogP contribution >= 0.6 is 0 Å². The summed E-state index contributed by atoms with van der Waals surface area (Å²) in [5, 5.41) is 14.8. The van der Waals surface area contributed by atoms with E-state index >= 15 is 0 Å². The van der Waals surface area contributed by atoms with E-state index in [-0.39, 0.29) is 11.7 Å². The lowest BCUT2D eigenvalue weighted by atomic mass is 9.82. The summed E-state index contributed by atoms with van der Waals surface area (Å²) in [5.41, 5.74) is 6.33. The zero-order valence-corrected chi connectivity index (χ0v) is 18.6. The lowest BCUT2D eigenvalue weighted by Crippen LogP contribution is -2.05. The van der Waals surface area contributed by atoms with Crippen molar-refractivity contribution in [1.82, 2.24) is 0 Å². The van der Waals surface area contributed by atoms with Crippen molar-refractivity contribution in [3.05, 3.63) is 100 Å². The van der Waals surface area contributed by atoms with Crippen molar-refractivity contribution in [2.75, 3.05) is 0 Å². The molecule has 4 aromatic carbocycles. The van der Waals surface area contributed by atoms with Gasteiger partial charge in [0.25, 0.3) is 0 Å². The first kappa shape index (κ1) is 20.4. The molecule has 0 aromatic heterocycles. The van der Waals surface area contributed by atoms with E-state index in [9.17, 15) is 13.9 Å². The van der Waals surface area contributed by atoms with Crippen LogP contribution in [0, 0.1) is 11.6 Å². The Balaban J connectivity index is 1.88. The van der Waals surface area contributed by atoms with E-state index in [0.717, 1.165) is 32.7 Å². The van der Waals surface area contributed by atoms with Gasteiger partial charge >= 0.3 is 0 Å². The van der Waals surface area contributed by atoms with Crippen LogP contribution in [0.25, 0.3) is 32.7 Å². The number of allylic oxidation sites excluding steroid dienone is 4. The molecule has 160 valence electrons. The van der Waals surface area contributed by atoms with E-state index < -0.39 is 11.6 Å². The molecule has 0 amide bonds. The topological polar surface area (TPSA) is 20.2 Å². The monoisotopic (exact) mass is 426 g/mol. The highest BCUT2D eigenvalue weighted by Gasteiger charge is 2.30. The third-order valence-corrected chi connectivity index (χ3v) is 7.15. The van der Waals surface area contributed by atoms with Crippen molar-refractivity contribution in [3.63, 3.8) is 0 Å². The SMILES string of the molecule is CC1=C(C)C(c2cc(F)c(F)cc2-c2c(O)ccc3cc4ccccc4cc23)C(C)=C1C. The number of phenols is 1. The second-order valence-corrected chi connectivity index (χ2v) is 8.78. The Morgan fingerprint density at radius 2 is 1.28 bits per heavy atom. The Kier molecular flexibility index (Phi) is 4.67. The molecule has 0 saturated carbocycles. The first-order valence-corrected chi connectivity index (χ1v) is 10.8. The van der Waals surface area contributed by atoms with Crippen molar-refractivity contribution in [3.8, 4) is 16.9 Å². The third-order valence-electron chi connectivity index (χ3n) is 7.15. The summed E-state index contributed by atoms with van der Waals surface area (Å²) in [5.74, 6) is -1.91. The molecular weight excluding hydrogens is 402 g/mol. The van der Waals surface area contributed by atoms with E-state index in [0.29, 0.717) is 16.7 Å². The van der Waals surface area contributed by atoms with Gasteiger partial charge in [0.1, 0.15) is 5.75 Å². The molecule has 1 aliphatic carbocycles. The summed E-state index contributed by atoms with van der Waals surface area (Å²) in [6, 6.07) is 18.1. The molecular formula is C29H24F2O. The first-order valence-electron chi connectivity index (χ1n) is 10.8. The van der Waals surface area contributed by atoms with Crippen LogP contribution < -0.4 is 0 Å². The van der Waals surface area contributed by atoms with Gasteiger partial charge in [0, 0.05) is 11.5 Å². The molecule has 4 aromatic rings. The van der Waals surface area contributed by atoms with Crippen molar-refractivity contribution in [2.45, 2.75) is 33.6 Å². The molecule has 1 nitrogen and oxygen atoms in total. The van der Waals surface area contributed by atoms with Crippen LogP contribution in [0.5, 0.6) is 5.75 Å².